The second-order valence-electron chi connectivity index (χ2n) is 5.75. The minimum atomic E-state index is 0.0132. The predicted molar refractivity (Wildman–Crippen MR) is 92.4 cm³/mol. The summed E-state index contributed by atoms with van der Waals surface area (Å²) in [7, 11) is 0. The molecule has 0 fully saturated rings. The van der Waals surface area contributed by atoms with Gasteiger partial charge in [-0.05, 0) is 55.9 Å². The van der Waals surface area contributed by atoms with E-state index in [2.05, 4.69) is 11.8 Å². The van der Waals surface area contributed by atoms with Crippen molar-refractivity contribution in [2.45, 2.75) is 51.1 Å². The summed E-state index contributed by atoms with van der Waals surface area (Å²) in [6, 6.07) is 3.79. The molecule has 0 aromatic heterocycles. The second-order valence-corrected chi connectivity index (χ2v) is 7.81. The molecule has 1 aliphatic carbocycles. The maximum atomic E-state index is 6.39. The molecular weight excluding hydrogens is 323 g/mol. The van der Waals surface area contributed by atoms with E-state index in [-0.39, 0.29) is 5.50 Å². The lowest BCUT2D eigenvalue weighted by molar-refractivity contribution is 0.315. The van der Waals surface area contributed by atoms with Gasteiger partial charge < -0.3 is 10.6 Å². The number of nitrogens with zero attached hydrogens (tertiary/aromatic N) is 1. The van der Waals surface area contributed by atoms with Crippen molar-refractivity contribution in [3.63, 3.8) is 0 Å². The summed E-state index contributed by atoms with van der Waals surface area (Å²) in [5.74, 6) is 0. The lowest BCUT2D eigenvalue weighted by atomic mass is 10.1. The van der Waals surface area contributed by atoms with E-state index in [9.17, 15) is 0 Å². The average Bonchev–Trinajstić information content (AvgIpc) is 2.59. The van der Waals surface area contributed by atoms with Gasteiger partial charge in [-0.1, -0.05) is 41.4 Å². The highest BCUT2D eigenvalue weighted by molar-refractivity contribution is 8.03. The summed E-state index contributed by atoms with van der Waals surface area (Å²) in [6.07, 6.45) is 6.18. The van der Waals surface area contributed by atoms with E-state index in [0.29, 0.717) is 5.02 Å². The molecule has 1 aromatic carbocycles. The number of hydrogen-bond acceptors (Lipinski definition) is 3. The topological polar surface area (TPSA) is 29.3 Å². The standard InChI is InChI=1S/C16H20Cl2N2S/c1-10-7-11(17)8-13(18)12(10)9-20-14-5-3-2-4-6-15(14)21-16(20)19/h7-8,16H,2-6,9,19H2,1H3. The Morgan fingerprint density at radius 1 is 1.24 bits per heavy atom. The SMILES string of the molecule is Cc1cc(Cl)cc(Cl)c1CN1C2=C(CCCCC2)SC1N. The van der Waals surface area contributed by atoms with E-state index in [1.165, 1.54) is 36.3 Å². The second kappa shape index (κ2) is 6.41. The van der Waals surface area contributed by atoms with Crippen molar-refractivity contribution >= 4 is 35.0 Å². The molecule has 3 rings (SSSR count). The normalized spacial score (nSPS) is 22.5. The fraction of sp³-hybridized carbons (Fsp3) is 0.500. The first-order valence-electron chi connectivity index (χ1n) is 7.41. The molecule has 2 nitrogen and oxygen atoms in total. The maximum Gasteiger partial charge on any atom is 0.130 e. The van der Waals surface area contributed by atoms with Gasteiger partial charge >= 0.3 is 0 Å². The number of halogens is 2. The molecule has 1 atom stereocenters. The Morgan fingerprint density at radius 3 is 2.76 bits per heavy atom. The number of aryl methyl sites for hydroxylation is 1. The van der Waals surface area contributed by atoms with Crippen LogP contribution in [0.1, 0.15) is 43.2 Å². The molecule has 114 valence electrons. The maximum absolute atomic E-state index is 6.39. The Labute approximate surface area is 140 Å². The largest absolute Gasteiger partial charge is 0.345 e. The van der Waals surface area contributed by atoms with Crippen LogP contribution in [0.3, 0.4) is 0 Å². The third-order valence-corrected chi connectivity index (χ3v) is 6.04. The van der Waals surface area contributed by atoms with Crippen LogP contribution in [0, 0.1) is 6.92 Å². The molecule has 1 heterocycles. The van der Waals surface area contributed by atoms with Gasteiger partial charge in [0.15, 0.2) is 0 Å². The molecule has 2 N–H and O–H groups in total. The van der Waals surface area contributed by atoms with Crippen molar-refractivity contribution in [2.24, 2.45) is 5.73 Å². The van der Waals surface area contributed by atoms with E-state index in [1.807, 2.05) is 23.9 Å². The molecule has 0 amide bonds. The average molecular weight is 343 g/mol. The molecule has 1 aliphatic heterocycles. The molecule has 2 aliphatic rings. The molecule has 0 bridgehead atoms. The van der Waals surface area contributed by atoms with Crippen LogP contribution < -0.4 is 5.73 Å². The molecule has 0 saturated heterocycles. The zero-order valence-electron chi connectivity index (χ0n) is 12.2. The Balaban J connectivity index is 1.88. The van der Waals surface area contributed by atoms with E-state index in [0.717, 1.165) is 29.1 Å². The third-order valence-electron chi connectivity index (χ3n) is 4.27. The van der Waals surface area contributed by atoms with Gasteiger partial charge in [0.25, 0.3) is 0 Å². The number of thioether (sulfide) groups is 1. The quantitative estimate of drug-likeness (QED) is 0.793. The van der Waals surface area contributed by atoms with Crippen LogP contribution in [0.15, 0.2) is 22.7 Å². The minimum Gasteiger partial charge on any atom is -0.345 e. The molecule has 0 radical (unpaired) electrons. The first kappa shape index (κ1) is 15.5. The van der Waals surface area contributed by atoms with Crippen LogP contribution in [0.25, 0.3) is 0 Å². The van der Waals surface area contributed by atoms with Crippen LogP contribution in [0.4, 0.5) is 0 Å². The van der Waals surface area contributed by atoms with Gasteiger partial charge in [0, 0.05) is 27.2 Å². The molecule has 5 heteroatoms. The summed E-state index contributed by atoms with van der Waals surface area (Å²) in [5, 5.41) is 1.43. The van der Waals surface area contributed by atoms with Crippen molar-refractivity contribution < 1.29 is 0 Å². The van der Waals surface area contributed by atoms with E-state index in [4.69, 9.17) is 28.9 Å². The van der Waals surface area contributed by atoms with Gasteiger partial charge in [0.2, 0.25) is 0 Å². The first-order chi connectivity index (χ1) is 10.1. The number of hydrogen-bond donors (Lipinski definition) is 1. The highest BCUT2D eigenvalue weighted by Gasteiger charge is 2.31. The third kappa shape index (κ3) is 3.21. The summed E-state index contributed by atoms with van der Waals surface area (Å²) >= 11 is 14.3. The van der Waals surface area contributed by atoms with Gasteiger partial charge in [0.05, 0.1) is 0 Å². The van der Waals surface area contributed by atoms with Gasteiger partial charge in [-0.15, -0.1) is 0 Å². The summed E-state index contributed by atoms with van der Waals surface area (Å²) in [4.78, 5) is 3.82. The van der Waals surface area contributed by atoms with Crippen molar-refractivity contribution in [1.29, 1.82) is 0 Å². The van der Waals surface area contributed by atoms with E-state index >= 15 is 0 Å². The molecule has 1 unspecified atom stereocenters. The highest BCUT2D eigenvalue weighted by atomic mass is 35.5. The van der Waals surface area contributed by atoms with Crippen molar-refractivity contribution in [3.8, 4) is 0 Å². The van der Waals surface area contributed by atoms with Gasteiger partial charge in [-0.3, -0.25) is 0 Å². The molecule has 0 spiro atoms. The lowest BCUT2D eigenvalue weighted by Gasteiger charge is -2.27. The first-order valence-corrected chi connectivity index (χ1v) is 9.05. The Kier molecular flexibility index (Phi) is 4.75. The molecular formula is C16H20Cl2N2S. The number of benzene rings is 1. The van der Waals surface area contributed by atoms with Crippen molar-refractivity contribution in [1.82, 2.24) is 4.90 Å². The summed E-state index contributed by atoms with van der Waals surface area (Å²) in [5.41, 5.74) is 10.1. The summed E-state index contributed by atoms with van der Waals surface area (Å²) < 4.78 is 0. The molecule has 21 heavy (non-hydrogen) atoms. The van der Waals surface area contributed by atoms with Gasteiger partial charge in [-0.2, -0.15) is 0 Å². The predicted octanol–water partition coefficient (Wildman–Crippen LogP) is 5.27. The van der Waals surface area contributed by atoms with Crippen LogP contribution in [-0.2, 0) is 6.54 Å². The Bertz CT molecular complexity index is 563. The Hall–Kier alpha value is -0.350. The van der Waals surface area contributed by atoms with Gasteiger partial charge in [-0.25, -0.2) is 0 Å². The molecule has 1 aromatic rings. The highest BCUT2D eigenvalue weighted by Crippen LogP contribution is 2.44. The van der Waals surface area contributed by atoms with E-state index in [1.54, 1.807) is 0 Å². The smallest absolute Gasteiger partial charge is 0.130 e. The van der Waals surface area contributed by atoms with Crippen LogP contribution in [-0.4, -0.2) is 10.4 Å². The van der Waals surface area contributed by atoms with Gasteiger partial charge in [0.1, 0.15) is 5.50 Å². The number of rotatable bonds is 2. The minimum absolute atomic E-state index is 0.0132. The number of nitrogens with two attached hydrogens (primary N) is 1. The zero-order chi connectivity index (χ0) is 15.0. The monoisotopic (exact) mass is 342 g/mol. The molecule has 0 saturated carbocycles. The van der Waals surface area contributed by atoms with E-state index < -0.39 is 0 Å². The van der Waals surface area contributed by atoms with Crippen molar-refractivity contribution in [2.75, 3.05) is 0 Å². The summed E-state index contributed by atoms with van der Waals surface area (Å²) in [6.45, 7) is 2.83. The van der Waals surface area contributed by atoms with Crippen molar-refractivity contribution in [3.05, 3.63) is 43.9 Å². The van der Waals surface area contributed by atoms with Crippen LogP contribution in [0.5, 0.6) is 0 Å². The number of allylic oxidation sites excluding steroid dienone is 2. The van der Waals surface area contributed by atoms with Crippen LogP contribution >= 0.6 is 35.0 Å². The fourth-order valence-electron chi connectivity index (χ4n) is 3.12. The zero-order valence-corrected chi connectivity index (χ0v) is 14.5. The fourth-order valence-corrected chi connectivity index (χ4v) is 5.01. The van der Waals surface area contributed by atoms with Crippen LogP contribution in [0.2, 0.25) is 10.0 Å². The lowest BCUT2D eigenvalue weighted by Crippen LogP contribution is -2.35. The Morgan fingerprint density at radius 2 is 2.00 bits per heavy atom.